The third kappa shape index (κ3) is 1.86. The summed E-state index contributed by atoms with van der Waals surface area (Å²) in [6.07, 6.45) is -1.53. The number of hydrogen-bond donors (Lipinski definition) is 2. The van der Waals surface area contributed by atoms with E-state index >= 15 is 0 Å². The second-order valence-electron chi connectivity index (χ2n) is 3.50. The van der Waals surface area contributed by atoms with Crippen molar-refractivity contribution in [2.75, 3.05) is 0 Å². The number of allylic oxidation sites excluding steroid dienone is 2. The molecule has 17 heavy (non-hydrogen) atoms. The summed E-state index contributed by atoms with van der Waals surface area (Å²) in [4.78, 5) is 21.1. The number of carboxylic acids is 2. The van der Waals surface area contributed by atoms with Crippen molar-refractivity contribution in [3.8, 4) is 0 Å². The maximum atomic E-state index is 12.9. The molecule has 0 heterocycles. The van der Waals surface area contributed by atoms with Crippen LogP contribution in [0.1, 0.15) is 6.92 Å². The Hall–Kier alpha value is -1.63. The molecule has 0 radical (unpaired) electrons. The zero-order valence-electron chi connectivity index (χ0n) is 8.61. The Balaban J connectivity index is 3.45. The van der Waals surface area contributed by atoms with Gasteiger partial charge in [-0.1, -0.05) is 24.4 Å². The fourth-order valence-corrected chi connectivity index (χ4v) is 1.99. The van der Waals surface area contributed by atoms with E-state index in [1.54, 1.807) is 0 Å². The first-order valence-electron chi connectivity index (χ1n) is 4.45. The summed E-state index contributed by atoms with van der Waals surface area (Å²) in [5.41, 5.74) is -3.13. The van der Waals surface area contributed by atoms with Crippen LogP contribution in [0.5, 0.6) is 0 Å². The summed E-state index contributed by atoms with van der Waals surface area (Å²) in [5, 5.41) is 17.7. The molecular weight excluding hydrogens is 254 g/mol. The molecule has 0 amide bonds. The standard InChI is InChI=1S/C10H8F2O4S/c1-4-2-3-10(8(11)12,9(15)16)6(17)5(4)7(13)14/h2-3,8H,1H3,(H,13,14)(H,15,16). The van der Waals surface area contributed by atoms with Crippen LogP contribution >= 0.6 is 12.2 Å². The number of aliphatic carboxylic acids is 2. The van der Waals surface area contributed by atoms with Gasteiger partial charge in [-0.25, -0.2) is 13.6 Å². The molecule has 4 nitrogen and oxygen atoms in total. The summed E-state index contributed by atoms with van der Waals surface area (Å²) in [7, 11) is 0. The summed E-state index contributed by atoms with van der Waals surface area (Å²) in [5.74, 6) is -3.37. The van der Waals surface area contributed by atoms with Gasteiger partial charge < -0.3 is 10.2 Å². The third-order valence-electron chi connectivity index (χ3n) is 2.51. The average Bonchev–Trinajstić information content (AvgIpc) is 2.16. The van der Waals surface area contributed by atoms with Crippen molar-refractivity contribution < 1.29 is 28.6 Å². The highest BCUT2D eigenvalue weighted by atomic mass is 32.1. The molecule has 1 aliphatic carbocycles. The van der Waals surface area contributed by atoms with Crippen LogP contribution in [-0.2, 0) is 9.59 Å². The molecule has 0 fully saturated rings. The third-order valence-corrected chi connectivity index (χ3v) is 3.05. The number of rotatable bonds is 3. The van der Waals surface area contributed by atoms with Gasteiger partial charge in [-0.15, -0.1) is 0 Å². The Kier molecular flexibility index (Phi) is 3.42. The van der Waals surface area contributed by atoms with E-state index in [-0.39, 0.29) is 5.57 Å². The van der Waals surface area contributed by atoms with E-state index in [0.29, 0.717) is 0 Å². The van der Waals surface area contributed by atoms with Crippen LogP contribution < -0.4 is 0 Å². The first kappa shape index (κ1) is 13.4. The molecule has 1 unspecified atom stereocenters. The molecule has 1 atom stereocenters. The minimum Gasteiger partial charge on any atom is -0.480 e. The van der Waals surface area contributed by atoms with Crippen molar-refractivity contribution in [2.24, 2.45) is 5.41 Å². The van der Waals surface area contributed by atoms with Crippen molar-refractivity contribution in [2.45, 2.75) is 13.3 Å². The summed E-state index contributed by atoms with van der Waals surface area (Å²) in [6, 6.07) is 0. The van der Waals surface area contributed by atoms with Gasteiger partial charge in [0, 0.05) is 0 Å². The van der Waals surface area contributed by atoms with Gasteiger partial charge in [0.25, 0.3) is 6.43 Å². The predicted molar refractivity (Wildman–Crippen MR) is 58.1 cm³/mol. The number of carboxylic acid groups (broad SMARTS) is 2. The SMILES string of the molecule is CC1=C(C(=O)O)C(=S)C(C(=O)O)(C(F)F)C=C1. The lowest BCUT2D eigenvalue weighted by molar-refractivity contribution is -0.148. The van der Waals surface area contributed by atoms with Crippen molar-refractivity contribution in [3.63, 3.8) is 0 Å². The second-order valence-corrected chi connectivity index (χ2v) is 3.91. The van der Waals surface area contributed by atoms with E-state index in [2.05, 4.69) is 12.2 Å². The molecule has 0 bridgehead atoms. The molecule has 1 aliphatic rings. The normalized spacial score (nSPS) is 24.4. The molecule has 0 saturated carbocycles. The average molecular weight is 262 g/mol. The van der Waals surface area contributed by atoms with Crippen LogP contribution in [0.25, 0.3) is 0 Å². The van der Waals surface area contributed by atoms with Crippen molar-refractivity contribution in [3.05, 3.63) is 23.3 Å². The number of halogens is 2. The highest BCUT2D eigenvalue weighted by Gasteiger charge is 2.53. The highest BCUT2D eigenvalue weighted by molar-refractivity contribution is 7.81. The Morgan fingerprint density at radius 3 is 2.29 bits per heavy atom. The van der Waals surface area contributed by atoms with Crippen molar-refractivity contribution in [1.29, 1.82) is 0 Å². The van der Waals surface area contributed by atoms with Crippen LogP contribution in [0.15, 0.2) is 23.3 Å². The minimum absolute atomic E-state index is 0.153. The maximum Gasteiger partial charge on any atom is 0.337 e. The Labute approximate surface area is 100 Å². The van der Waals surface area contributed by atoms with Crippen LogP contribution in [0, 0.1) is 5.41 Å². The first-order valence-corrected chi connectivity index (χ1v) is 4.85. The van der Waals surface area contributed by atoms with Gasteiger partial charge in [-0.05, 0) is 12.5 Å². The molecule has 0 aromatic heterocycles. The van der Waals surface area contributed by atoms with E-state index in [1.807, 2.05) is 0 Å². The molecular formula is C10H8F2O4S. The fourth-order valence-electron chi connectivity index (χ4n) is 1.50. The van der Waals surface area contributed by atoms with Gasteiger partial charge in [0.1, 0.15) is 0 Å². The Morgan fingerprint density at radius 1 is 1.41 bits per heavy atom. The van der Waals surface area contributed by atoms with Gasteiger partial charge >= 0.3 is 11.9 Å². The molecule has 0 aromatic carbocycles. The highest BCUT2D eigenvalue weighted by Crippen LogP contribution is 2.38. The molecule has 2 N–H and O–H groups in total. The lowest BCUT2D eigenvalue weighted by atomic mass is 9.76. The van der Waals surface area contributed by atoms with Gasteiger partial charge in [0.2, 0.25) is 0 Å². The second kappa shape index (κ2) is 4.33. The van der Waals surface area contributed by atoms with Gasteiger partial charge in [-0.3, -0.25) is 4.79 Å². The largest absolute Gasteiger partial charge is 0.480 e. The monoisotopic (exact) mass is 262 g/mol. The molecule has 0 spiro atoms. The van der Waals surface area contributed by atoms with Crippen LogP contribution in [0.4, 0.5) is 8.78 Å². The summed E-state index contributed by atoms with van der Waals surface area (Å²) < 4.78 is 25.8. The Bertz CT molecular complexity index is 467. The number of hydrogen-bond acceptors (Lipinski definition) is 3. The maximum absolute atomic E-state index is 12.9. The van der Waals surface area contributed by atoms with E-state index < -0.39 is 34.2 Å². The van der Waals surface area contributed by atoms with E-state index in [0.717, 1.165) is 12.2 Å². The number of alkyl halides is 2. The van der Waals surface area contributed by atoms with Gasteiger partial charge in [-0.2, -0.15) is 0 Å². The zero-order chi connectivity index (χ0) is 13.4. The lowest BCUT2D eigenvalue weighted by Crippen LogP contribution is -2.46. The van der Waals surface area contributed by atoms with Crippen LogP contribution in [0.3, 0.4) is 0 Å². The molecule has 0 saturated heterocycles. The lowest BCUT2D eigenvalue weighted by Gasteiger charge is -2.29. The quantitative estimate of drug-likeness (QED) is 0.757. The van der Waals surface area contributed by atoms with Crippen LogP contribution in [-0.4, -0.2) is 33.4 Å². The Morgan fingerprint density at radius 2 is 1.94 bits per heavy atom. The zero-order valence-corrected chi connectivity index (χ0v) is 9.42. The number of thiocarbonyl (C=S) groups is 1. The number of carbonyl (C=O) groups is 2. The summed E-state index contributed by atoms with van der Waals surface area (Å²) in [6.45, 7) is 1.36. The van der Waals surface area contributed by atoms with E-state index in [4.69, 9.17) is 10.2 Å². The van der Waals surface area contributed by atoms with E-state index in [9.17, 15) is 18.4 Å². The van der Waals surface area contributed by atoms with Crippen molar-refractivity contribution >= 4 is 29.0 Å². The van der Waals surface area contributed by atoms with Crippen molar-refractivity contribution in [1.82, 2.24) is 0 Å². The molecule has 0 aromatic rings. The molecule has 1 rings (SSSR count). The van der Waals surface area contributed by atoms with Gasteiger partial charge in [0.05, 0.1) is 10.4 Å². The van der Waals surface area contributed by atoms with Gasteiger partial charge in [0.15, 0.2) is 5.41 Å². The molecule has 7 heteroatoms. The summed E-state index contributed by atoms with van der Waals surface area (Å²) >= 11 is 4.62. The van der Waals surface area contributed by atoms with E-state index in [1.165, 1.54) is 6.92 Å². The fraction of sp³-hybridized carbons (Fsp3) is 0.300. The topological polar surface area (TPSA) is 74.6 Å². The van der Waals surface area contributed by atoms with Crippen LogP contribution in [0.2, 0.25) is 0 Å². The smallest absolute Gasteiger partial charge is 0.337 e. The minimum atomic E-state index is -3.31. The predicted octanol–water partition coefficient (Wildman–Crippen LogP) is 1.66. The molecule has 92 valence electrons. The first-order chi connectivity index (χ1) is 7.75. The molecule has 0 aliphatic heterocycles.